The normalized spacial score (nSPS) is 18.0. The van der Waals surface area contributed by atoms with Gasteiger partial charge in [-0.15, -0.1) is 0 Å². The van der Waals surface area contributed by atoms with E-state index in [1.807, 2.05) is 6.08 Å². The minimum atomic E-state index is 0.516. The zero-order valence-corrected chi connectivity index (χ0v) is 14.3. The first-order valence-corrected chi connectivity index (χ1v) is 7.97. The van der Waals surface area contributed by atoms with Crippen LogP contribution >= 0.6 is 11.6 Å². The van der Waals surface area contributed by atoms with Gasteiger partial charge in [0.2, 0.25) is 0 Å². The van der Waals surface area contributed by atoms with Gasteiger partial charge < -0.3 is 0 Å². The fourth-order valence-corrected chi connectivity index (χ4v) is 1.90. The van der Waals surface area contributed by atoms with Gasteiger partial charge in [0, 0.05) is 5.03 Å². The third-order valence-corrected chi connectivity index (χ3v) is 4.08. The van der Waals surface area contributed by atoms with E-state index in [4.69, 9.17) is 11.6 Å². The molecule has 1 heteroatoms. The molecule has 0 bridgehead atoms. The van der Waals surface area contributed by atoms with Crippen molar-refractivity contribution >= 4 is 11.6 Å². The second kappa shape index (κ2) is 10.3. The molecular weight excluding hydrogens is 252 g/mol. The highest BCUT2D eigenvalue weighted by Crippen LogP contribution is 2.24. The second-order valence-electron chi connectivity index (χ2n) is 5.91. The minimum absolute atomic E-state index is 0.516. The lowest BCUT2D eigenvalue weighted by molar-refractivity contribution is 0.346. The van der Waals surface area contributed by atoms with E-state index in [0.717, 1.165) is 17.4 Å². The van der Waals surface area contributed by atoms with Crippen molar-refractivity contribution in [2.75, 3.05) is 0 Å². The van der Waals surface area contributed by atoms with E-state index in [9.17, 15) is 0 Å². The molecule has 0 amide bonds. The topological polar surface area (TPSA) is 0 Å². The maximum Gasteiger partial charge on any atom is 0.0397 e. The Morgan fingerprint density at radius 1 is 1.21 bits per heavy atom. The number of halogens is 1. The quantitative estimate of drug-likeness (QED) is 0.493. The molecule has 0 heterocycles. The number of allylic oxidation sites excluding steroid dienone is 6. The molecule has 110 valence electrons. The zero-order chi connectivity index (χ0) is 14.8. The van der Waals surface area contributed by atoms with Gasteiger partial charge in [0.05, 0.1) is 0 Å². The number of rotatable bonds is 4. The summed E-state index contributed by atoms with van der Waals surface area (Å²) in [6.07, 6.45) is 11.8. The van der Waals surface area contributed by atoms with Gasteiger partial charge in [-0.25, -0.2) is 0 Å². The van der Waals surface area contributed by atoms with Crippen LogP contribution in [-0.2, 0) is 0 Å². The lowest BCUT2D eigenvalue weighted by Crippen LogP contribution is -2.04. The summed E-state index contributed by atoms with van der Waals surface area (Å²) in [6.45, 7) is 12.9. The van der Waals surface area contributed by atoms with Crippen molar-refractivity contribution in [1.29, 1.82) is 0 Å². The maximum absolute atomic E-state index is 6.14. The average molecular weight is 283 g/mol. The second-order valence-corrected chi connectivity index (χ2v) is 6.32. The van der Waals surface area contributed by atoms with Crippen LogP contribution in [0.3, 0.4) is 0 Å². The van der Waals surface area contributed by atoms with Gasteiger partial charge in [-0.3, -0.25) is 0 Å². The van der Waals surface area contributed by atoms with E-state index in [1.165, 1.54) is 30.4 Å². The molecule has 0 aromatic rings. The lowest BCUT2D eigenvalue weighted by Gasteiger charge is -2.18. The standard InChI is InChI=1S/C13H21Cl.C5H10/c1-6-7-11(4)8-9-13(14)12(5)10(2)3;1-5-3-2-4-5/h7-10H,6H2,1-5H3;5H,2-4H2,1H3/b9-8-,11-7+,13-12-;. The van der Waals surface area contributed by atoms with Crippen LogP contribution in [0.4, 0.5) is 0 Å². The van der Waals surface area contributed by atoms with Gasteiger partial charge in [-0.05, 0) is 38.2 Å². The Morgan fingerprint density at radius 3 is 2.05 bits per heavy atom. The van der Waals surface area contributed by atoms with Crippen molar-refractivity contribution in [1.82, 2.24) is 0 Å². The van der Waals surface area contributed by atoms with E-state index in [1.54, 1.807) is 0 Å². The van der Waals surface area contributed by atoms with Crippen LogP contribution < -0.4 is 0 Å². The highest BCUT2D eigenvalue weighted by molar-refractivity contribution is 6.31. The van der Waals surface area contributed by atoms with E-state index in [2.05, 4.69) is 53.7 Å². The molecule has 1 fully saturated rings. The van der Waals surface area contributed by atoms with Crippen LogP contribution in [0.5, 0.6) is 0 Å². The molecule has 0 spiro atoms. The summed E-state index contributed by atoms with van der Waals surface area (Å²) >= 11 is 6.14. The Bertz CT molecular complexity index is 328. The Labute approximate surface area is 125 Å². The minimum Gasteiger partial charge on any atom is -0.0844 e. The molecule has 0 N–H and O–H groups in total. The molecule has 1 rings (SSSR count). The third kappa shape index (κ3) is 9.10. The molecule has 1 aliphatic carbocycles. The van der Waals surface area contributed by atoms with E-state index in [-0.39, 0.29) is 0 Å². The highest BCUT2D eigenvalue weighted by atomic mass is 35.5. The summed E-state index contributed by atoms with van der Waals surface area (Å²) in [7, 11) is 0. The van der Waals surface area contributed by atoms with Gasteiger partial charge in [0.1, 0.15) is 0 Å². The van der Waals surface area contributed by atoms with Gasteiger partial charge >= 0.3 is 0 Å². The Balaban J connectivity index is 0.000000532. The van der Waals surface area contributed by atoms with E-state index < -0.39 is 0 Å². The van der Waals surface area contributed by atoms with Crippen LogP contribution in [0.1, 0.15) is 67.2 Å². The first-order valence-electron chi connectivity index (χ1n) is 7.59. The number of hydrogen-bond donors (Lipinski definition) is 0. The number of hydrogen-bond acceptors (Lipinski definition) is 0. The Kier molecular flexibility index (Phi) is 10.0. The van der Waals surface area contributed by atoms with Crippen LogP contribution in [0, 0.1) is 11.8 Å². The molecule has 0 aliphatic heterocycles. The van der Waals surface area contributed by atoms with Crippen LogP contribution in [0.2, 0.25) is 0 Å². The third-order valence-electron chi connectivity index (χ3n) is 3.66. The molecule has 0 aromatic heterocycles. The van der Waals surface area contributed by atoms with Crippen LogP contribution in [-0.4, -0.2) is 0 Å². The molecule has 0 atom stereocenters. The molecule has 0 aromatic carbocycles. The van der Waals surface area contributed by atoms with Crippen LogP contribution in [0.15, 0.2) is 34.4 Å². The van der Waals surface area contributed by atoms with Crippen molar-refractivity contribution in [2.45, 2.75) is 67.2 Å². The SMILES string of the molecule is CC/C=C(C)/C=C\C(Cl)=C(/C)C(C)C.CC1CCC1. The van der Waals surface area contributed by atoms with Gasteiger partial charge in [-0.2, -0.15) is 0 Å². The van der Waals surface area contributed by atoms with Crippen molar-refractivity contribution in [3.8, 4) is 0 Å². The fraction of sp³-hybridized carbons (Fsp3) is 0.667. The van der Waals surface area contributed by atoms with Crippen molar-refractivity contribution < 1.29 is 0 Å². The van der Waals surface area contributed by atoms with Gasteiger partial charge in [0.25, 0.3) is 0 Å². The van der Waals surface area contributed by atoms with Gasteiger partial charge in [0.15, 0.2) is 0 Å². The smallest absolute Gasteiger partial charge is 0.0397 e. The molecule has 0 saturated heterocycles. The van der Waals surface area contributed by atoms with Crippen molar-refractivity contribution in [3.63, 3.8) is 0 Å². The fourth-order valence-electron chi connectivity index (χ4n) is 1.61. The maximum atomic E-state index is 6.14. The molecule has 1 aliphatic rings. The van der Waals surface area contributed by atoms with Crippen molar-refractivity contribution in [3.05, 3.63) is 34.4 Å². The lowest BCUT2D eigenvalue weighted by atomic mass is 9.88. The van der Waals surface area contributed by atoms with Crippen LogP contribution in [0.25, 0.3) is 0 Å². The molecule has 19 heavy (non-hydrogen) atoms. The summed E-state index contributed by atoms with van der Waals surface area (Å²) in [4.78, 5) is 0. The summed E-state index contributed by atoms with van der Waals surface area (Å²) in [5, 5.41) is 0.865. The summed E-state index contributed by atoms with van der Waals surface area (Å²) in [6, 6.07) is 0. The first-order chi connectivity index (χ1) is 8.88. The Hall–Kier alpha value is -0.490. The predicted octanol–water partition coefficient (Wildman–Crippen LogP) is 6.87. The van der Waals surface area contributed by atoms with E-state index >= 15 is 0 Å². The summed E-state index contributed by atoms with van der Waals surface area (Å²) < 4.78 is 0. The molecular formula is C18H31Cl. The van der Waals surface area contributed by atoms with Crippen molar-refractivity contribution in [2.24, 2.45) is 11.8 Å². The highest BCUT2D eigenvalue weighted by Gasteiger charge is 2.09. The molecule has 0 nitrogen and oxygen atoms in total. The molecule has 0 unspecified atom stereocenters. The largest absolute Gasteiger partial charge is 0.0844 e. The summed E-state index contributed by atoms with van der Waals surface area (Å²) in [5.74, 6) is 1.58. The van der Waals surface area contributed by atoms with Gasteiger partial charge in [-0.1, -0.05) is 81.9 Å². The van der Waals surface area contributed by atoms with E-state index in [0.29, 0.717) is 5.92 Å². The first kappa shape index (κ1) is 18.5. The Morgan fingerprint density at radius 2 is 1.74 bits per heavy atom. The average Bonchev–Trinajstić information content (AvgIpc) is 2.33. The molecule has 1 saturated carbocycles. The monoisotopic (exact) mass is 282 g/mol. The summed E-state index contributed by atoms with van der Waals surface area (Å²) in [5.41, 5.74) is 2.51. The molecule has 0 radical (unpaired) electrons. The predicted molar refractivity (Wildman–Crippen MR) is 89.6 cm³/mol. The zero-order valence-electron chi connectivity index (χ0n) is 13.6.